The fourth-order valence-electron chi connectivity index (χ4n) is 3.57. The van der Waals surface area contributed by atoms with E-state index in [1.165, 1.54) is 7.11 Å². The van der Waals surface area contributed by atoms with E-state index < -0.39 is 16.5 Å². The summed E-state index contributed by atoms with van der Waals surface area (Å²) in [6, 6.07) is 8.69. The number of methoxy groups -OCH3 is 1. The number of hydrogen-bond acceptors (Lipinski definition) is 6. The lowest BCUT2D eigenvalue weighted by Crippen LogP contribution is -2.19. The van der Waals surface area contributed by atoms with Crippen molar-refractivity contribution < 1.29 is 32.1 Å². The maximum absolute atomic E-state index is 11.2. The van der Waals surface area contributed by atoms with Crippen molar-refractivity contribution in [3.63, 3.8) is 0 Å². The molecule has 4 bridgehead atoms. The normalized spacial score (nSPS) is 17.9. The third kappa shape index (κ3) is 4.95. The van der Waals surface area contributed by atoms with Gasteiger partial charge in [0, 0.05) is 11.1 Å². The van der Waals surface area contributed by atoms with E-state index in [2.05, 4.69) is 0 Å². The molecule has 7 nitrogen and oxygen atoms in total. The summed E-state index contributed by atoms with van der Waals surface area (Å²) in [5, 5.41) is 20.9. The highest BCUT2D eigenvalue weighted by atomic mass is 32.3. The topological polar surface area (TPSA) is 113 Å². The second-order valence-corrected chi connectivity index (χ2v) is 8.02. The Balaban J connectivity index is 2.05. The number of phenols is 2. The van der Waals surface area contributed by atoms with Crippen LogP contribution in [-0.2, 0) is 27.4 Å². The minimum atomic E-state index is -4.54. The average Bonchev–Trinajstić information content (AvgIpc) is 2.64. The van der Waals surface area contributed by atoms with Crippen molar-refractivity contribution in [1.82, 2.24) is 0 Å². The number of benzene rings is 2. The molecule has 1 atom stereocenters. The molecule has 2 aromatic rings. The monoisotopic (exact) mass is 408 g/mol. The van der Waals surface area contributed by atoms with E-state index in [1.807, 2.05) is 12.1 Å². The molecular formula is C20H24O7S. The van der Waals surface area contributed by atoms with Crippen LogP contribution in [0.4, 0.5) is 0 Å². The van der Waals surface area contributed by atoms with Gasteiger partial charge in [-0.05, 0) is 67.5 Å². The van der Waals surface area contributed by atoms with Crippen LogP contribution in [0.5, 0.6) is 17.2 Å². The molecule has 1 aliphatic carbocycles. The first kappa shape index (κ1) is 20.4. The van der Waals surface area contributed by atoms with Gasteiger partial charge in [-0.1, -0.05) is 12.5 Å². The van der Waals surface area contributed by atoms with Crippen LogP contribution in [0.1, 0.15) is 36.8 Å². The first-order chi connectivity index (χ1) is 13.3. The predicted molar refractivity (Wildman–Crippen MR) is 104 cm³/mol. The molecule has 0 saturated carbocycles. The van der Waals surface area contributed by atoms with Gasteiger partial charge in [-0.25, -0.2) is 4.18 Å². The number of ether oxygens (including phenoxy) is 1. The Kier molecular flexibility index (Phi) is 6.12. The maximum atomic E-state index is 11.2. The van der Waals surface area contributed by atoms with Gasteiger partial charge in [-0.3, -0.25) is 4.55 Å². The Hall–Kier alpha value is -2.29. The molecule has 2 aromatic carbocycles. The average molecular weight is 408 g/mol. The second-order valence-electron chi connectivity index (χ2n) is 6.98. The van der Waals surface area contributed by atoms with Crippen LogP contribution >= 0.6 is 0 Å². The lowest BCUT2D eigenvalue weighted by atomic mass is 9.96. The lowest BCUT2D eigenvalue weighted by molar-refractivity contribution is 0.161. The van der Waals surface area contributed by atoms with Crippen molar-refractivity contribution in [3.8, 4) is 28.4 Å². The van der Waals surface area contributed by atoms with E-state index in [0.717, 1.165) is 30.4 Å². The molecule has 8 heteroatoms. The summed E-state index contributed by atoms with van der Waals surface area (Å²) < 4.78 is 41.5. The summed E-state index contributed by atoms with van der Waals surface area (Å²) in [6.45, 7) is 0. The van der Waals surface area contributed by atoms with E-state index in [9.17, 15) is 18.6 Å². The first-order valence-electron chi connectivity index (χ1n) is 9.14. The van der Waals surface area contributed by atoms with Crippen molar-refractivity contribution in [2.24, 2.45) is 0 Å². The molecule has 0 saturated heterocycles. The fraction of sp³-hybridized carbons (Fsp3) is 0.400. The molecule has 0 aliphatic heterocycles. The molecule has 0 fully saturated rings. The van der Waals surface area contributed by atoms with Crippen LogP contribution < -0.4 is 4.74 Å². The molecule has 0 spiro atoms. The summed E-state index contributed by atoms with van der Waals surface area (Å²) in [4.78, 5) is 0. The number of aryl methyl sites for hydroxylation is 2. The van der Waals surface area contributed by atoms with Crippen LogP contribution in [0.2, 0.25) is 0 Å². The molecule has 0 radical (unpaired) electrons. The zero-order valence-electron chi connectivity index (χ0n) is 15.6. The van der Waals surface area contributed by atoms with Gasteiger partial charge in [-0.15, -0.1) is 0 Å². The minimum absolute atomic E-state index is 0.0562. The van der Waals surface area contributed by atoms with Gasteiger partial charge >= 0.3 is 10.4 Å². The van der Waals surface area contributed by atoms with Crippen molar-refractivity contribution >= 4 is 10.4 Å². The van der Waals surface area contributed by atoms with Crippen molar-refractivity contribution in [3.05, 3.63) is 41.5 Å². The summed E-state index contributed by atoms with van der Waals surface area (Å²) >= 11 is 0. The van der Waals surface area contributed by atoms with Gasteiger partial charge in [0.05, 0.1) is 13.2 Å². The van der Waals surface area contributed by atoms with E-state index in [0.29, 0.717) is 30.4 Å². The van der Waals surface area contributed by atoms with Gasteiger partial charge < -0.3 is 14.9 Å². The third-order valence-electron chi connectivity index (χ3n) is 4.96. The van der Waals surface area contributed by atoms with Crippen LogP contribution in [0, 0.1) is 0 Å². The zero-order chi connectivity index (χ0) is 20.3. The molecule has 1 aliphatic rings. The molecule has 3 N–H and O–H groups in total. The van der Waals surface area contributed by atoms with Gasteiger partial charge in [0.2, 0.25) is 0 Å². The quantitative estimate of drug-likeness (QED) is 0.665. The first-order valence-corrected chi connectivity index (χ1v) is 10.5. The molecule has 0 heterocycles. The zero-order valence-corrected chi connectivity index (χ0v) is 16.4. The SMILES string of the molecule is COc1cc2cc(c1O)-c1cc(ccc1O)CCCCC(OS(=O)(=O)O)CC2. The maximum Gasteiger partial charge on any atom is 0.397 e. The lowest BCUT2D eigenvalue weighted by Gasteiger charge is -2.16. The van der Waals surface area contributed by atoms with Gasteiger partial charge in [-0.2, -0.15) is 8.42 Å². The van der Waals surface area contributed by atoms with Gasteiger partial charge in [0.1, 0.15) is 5.75 Å². The van der Waals surface area contributed by atoms with Crippen LogP contribution in [-0.4, -0.2) is 36.4 Å². The Morgan fingerprint density at radius 2 is 1.71 bits per heavy atom. The predicted octanol–water partition coefficient (Wildman–Crippen LogP) is 3.62. The van der Waals surface area contributed by atoms with Gasteiger partial charge in [0.25, 0.3) is 0 Å². The standard InChI is InChI=1S/C20H24O7S/c1-26-19-12-14-6-8-15(27-28(23,24)25)5-3-2-4-13-7-9-18(21)16(10-13)17(11-14)20(19)22/h7,9-12,15,21-22H,2-6,8H2,1H3,(H,23,24,25). The molecule has 152 valence electrons. The Labute approximate surface area is 164 Å². The Bertz CT molecular complexity index is 953. The molecule has 3 rings (SSSR count). The van der Waals surface area contributed by atoms with Crippen molar-refractivity contribution in [2.75, 3.05) is 7.11 Å². The number of hydrogen-bond donors (Lipinski definition) is 3. The fourth-order valence-corrected chi connectivity index (χ4v) is 4.10. The number of fused-ring (bicyclic) bond motifs is 5. The van der Waals surface area contributed by atoms with E-state index in [1.54, 1.807) is 18.2 Å². The highest BCUT2D eigenvalue weighted by molar-refractivity contribution is 7.80. The molecule has 1 unspecified atom stereocenters. The Morgan fingerprint density at radius 3 is 2.43 bits per heavy atom. The van der Waals surface area contributed by atoms with E-state index >= 15 is 0 Å². The molecule has 0 aromatic heterocycles. The summed E-state index contributed by atoms with van der Waals surface area (Å²) in [7, 11) is -3.09. The van der Waals surface area contributed by atoms with E-state index in [4.69, 9.17) is 13.5 Å². The Morgan fingerprint density at radius 1 is 0.964 bits per heavy atom. The smallest absolute Gasteiger partial charge is 0.397 e. The molecular weight excluding hydrogens is 384 g/mol. The van der Waals surface area contributed by atoms with Gasteiger partial charge in [0.15, 0.2) is 11.5 Å². The highest BCUT2D eigenvalue weighted by Gasteiger charge is 2.20. The summed E-state index contributed by atoms with van der Waals surface area (Å²) in [5.41, 5.74) is 2.74. The summed E-state index contributed by atoms with van der Waals surface area (Å²) in [5.74, 6) is 0.249. The summed E-state index contributed by atoms with van der Waals surface area (Å²) in [6.07, 6.45) is 2.91. The van der Waals surface area contributed by atoms with Crippen LogP contribution in [0.25, 0.3) is 11.1 Å². The number of rotatable bonds is 3. The molecule has 0 amide bonds. The third-order valence-corrected chi connectivity index (χ3v) is 5.48. The number of aromatic hydroxyl groups is 2. The van der Waals surface area contributed by atoms with E-state index in [-0.39, 0.29) is 17.2 Å². The highest BCUT2D eigenvalue weighted by Crippen LogP contribution is 2.42. The van der Waals surface area contributed by atoms with Crippen molar-refractivity contribution in [2.45, 2.75) is 44.6 Å². The largest absolute Gasteiger partial charge is 0.507 e. The van der Waals surface area contributed by atoms with Crippen LogP contribution in [0.15, 0.2) is 30.3 Å². The second kappa shape index (κ2) is 8.38. The molecule has 28 heavy (non-hydrogen) atoms. The van der Waals surface area contributed by atoms with Crippen molar-refractivity contribution in [1.29, 1.82) is 0 Å². The minimum Gasteiger partial charge on any atom is -0.507 e. The number of phenolic OH excluding ortho intramolecular Hbond substituents is 2. The van der Waals surface area contributed by atoms with Crippen LogP contribution in [0.3, 0.4) is 0 Å².